The van der Waals surface area contributed by atoms with Gasteiger partial charge in [0.15, 0.2) is 0 Å². The standard InChI is InChI=1S/C23H26N2O3/c1-24-15-18-12-19(11-17(18)14-22(24)26)25(2)23(27)16-7-6-10-21(13-16)28-20-8-4-3-5-9-20/h3-10,13,17-19H,11-12,14-15H2,1-2H3/t17-,18+,19-/m1/s1. The lowest BCUT2D eigenvalue weighted by atomic mass is 9.88. The van der Waals surface area contributed by atoms with E-state index in [9.17, 15) is 9.59 Å². The van der Waals surface area contributed by atoms with E-state index < -0.39 is 0 Å². The second-order valence-corrected chi connectivity index (χ2v) is 7.98. The zero-order chi connectivity index (χ0) is 19.7. The Balaban J connectivity index is 1.44. The van der Waals surface area contributed by atoms with E-state index in [4.69, 9.17) is 4.74 Å². The summed E-state index contributed by atoms with van der Waals surface area (Å²) >= 11 is 0. The number of piperidine rings is 1. The van der Waals surface area contributed by atoms with E-state index in [-0.39, 0.29) is 17.9 Å². The largest absolute Gasteiger partial charge is 0.457 e. The number of fused-ring (bicyclic) bond motifs is 1. The molecule has 146 valence electrons. The van der Waals surface area contributed by atoms with E-state index >= 15 is 0 Å². The van der Waals surface area contributed by atoms with E-state index in [1.807, 2.05) is 72.4 Å². The zero-order valence-corrected chi connectivity index (χ0v) is 16.4. The van der Waals surface area contributed by atoms with Crippen LogP contribution in [0.2, 0.25) is 0 Å². The minimum Gasteiger partial charge on any atom is -0.457 e. The van der Waals surface area contributed by atoms with Crippen molar-refractivity contribution in [1.82, 2.24) is 9.80 Å². The summed E-state index contributed by atoms with van der Waals surface area (Å²) in [5, 5.41) is 0. The maximum atomic E-state index is 13.1. The number of likely N-dealkylation sites (tertiary alicyclic amines) is 1. The van der Waals surface area contributed by atoms with Gasteiger partial charge in [-0.3, -0.25) is 9.59 Å². The molecule has 2 aromatic rings. The fourth-order valence-corrected chi connectivity index (χ4v) is 4.49. The molecule has 1 aliphatic carbocycles. The lowest BCUT2D eigenvalue weighted by molar-refractivity contribution is -0.134. The number of ether oxygens (including phenoxy) is 1. The molecule has 0 N–H and O–H groups in total. The third-order valence-corrected chi connectivity index (χ3v) is 6.12. The van der Waals surface area contributed by atoms with Crippen LogP contribution in [0.15, 0.2) is 54.6 Å². The highest BCUT2D eigenvalue weighted by molar-refractivity contribution is 5.94. The smallest absolute Gasteiger partial charge is 0.253 e. The summed E-state index contributed by atoms with van der Waals surface area (Å²) in [5.41, 5.74) is 0.624. The minimum absolute atomic E-state index is 0.00170. The molecule has 28 heavy (non-hydrogen) atoms. The molecule has 0 bridgehead atoms. The summed E-state index contributed by atoms with van der Waals surface area (Å²) in [6.45, 7) is 0.808. The SMILES string of the molecule is CN1C[C@@H]2C[C@H](N(C)C(=O)c3cccc(Oc4ccccc4)c3)C[C@@H]2CC1=O. The van der Waals surface area contributed by atoms with E-state index in [1.54, 1.807) is 6.07 Å². The van der Waals surface area contributed by atoms with Crippen LogP contribution in [-0.4, -0.2) is 48.3 Å². The molecule has 1 aliphatic heterocycles. The molecular weight excluding hydrogens is 352 g/mol. The second-order valence-electron chi connectivity index (χ2n) is 7.98. The molecule has 2 aliphatic rings. The molecule has 5 heteroatoms. The van der Waals surface area contributed by atoms with E-state index in [1.165, 1.54) is 0 Å². The first-order valence-corrected chi connectivity index (χ1v) is 9.85. The Morgan fingerprint density at radius 1 is 1.04 bits per heavy atom. The fourth-order valence-electron chi connectivity index (χ4n) is 4.49. The van der Waals surface area contributed by atoms with E-state index in [0.29, 0.717) is 29.6 Å². The Hall–Kier alpha value is -2.82. The zero-order valence-electron chi connectivity index (χ0n) is 16.4. The van der Waals surface area contributed by atoms with Crippen LogP contribution >= 0.6 is 0 Å². The highest BCUT2D eigenvalue weighted by Gasteiger charge is 2.42. The molecule has 5 nitrogen and oxygen atoms in total. The van der Waals surface area contributed by atoms with Crippen molar-refractivity contribution >= 4 is 11.8 Å². The molecule has 3 atom stereocenters. The molecule has 2 aromatic carbocycles. The number of benzene rings is 2. The molecule has 0 unspecified atom stereocenters. The quantitative estimate of drug-likeness (QED) is 0.813. The summed E-state index contributed by atoms with van der Waals surface area (Å²) in [6.07, 6.45) is 2.48. The third kappa shape index (κ3) is 3.75. The van der Waals surface area contributed by atoms with Crippen LogP contribution in [0, 0.1) is 11.8 Å². The van der Waals surface area contributed by atoms with Crippen molar-refractivity contribution in [2.24, 2.45) is 11.8 Å². The predicted octanol–water partition coefficient (Wildman–Crippen LogP) is 3.81. The van der Waals surface area contributed by atoms with Gasteiger partial charge in [-0.05, 0) is 55.0 Å². The summed E-state index contributed by atoms with van der Waals surface area (Å²) in [5.74, 6) is 2.52. The molecular formula is C23H26N2O3. The number of amides is 2. The molecule has 1 heterocycles. The first-order chi connectivity index (χ1) is 13.5. The van der Waals surface area contributed by atoms with Crippen molar-refractivity contribution < 1.29 is 14.3 Å². The average Bonchev–Trinajstić information content (AvgIpc) is 3.11. The molecule has 0 aromatic heterocycles. The van der Waals surface area contributed by atoms with Crippen LogP contribution in [0.5, 0.6) is 11.5 Å². The number of rotatable bonds is 4. The highest BCUT2D eigenvalue weighted by atomic mass is 16.5. The van der Waals surface area contributed by atoms with Gasteiger partial charge in [0.25, 0.3) is 5.91 Å². The van der Waals surface area contributed by atoms with Crippen molar-refractivity contribution in [3.63, 3.8) is 0 Å². The summed E-state index contributed by atoms with van der Waals surface area (Å²) in [4.78, 5) is 28.7. The number of para-hydroxylation sites is 1. The van der Waals surface area contributed by atoms with Crippen molar-refractivity contribution in [3.8, 4) is 11.5 Å². The predicted molar refractivity (Wildman–Crippen MR) is 107 cm³/mol. The van der Waals surface area contributed by atoms with Crippen molar-refractivity contribution in [3.05, 3.63) is 60.2 Å². The number of nitrogens with zero attached hydrogens (tertiary/aromatic N) is 2. The first kappa shape index (κ1) is 18.5. The highest BCUT2D eigenvalue weighted by Crippen LogP contribution is 2.40. The Morgan fingerprint density at radius 3 is 2.54 bits per heavy atom. The van der Waals surface area contributed by atoms with Gasteiger partial charge in [-0.25, -0.2) is 0 Å². The van der Waals surface area contributed by atoms with Gasteiger partial charge in [0.2, 0.25) is 5.91 Å². The summed E-state index contributed by atoms with van der Waals surface area (Å²) in [6, 6.07) is 17.1. The normalized spacial score (nSPS) is 24.0. The lowest BCUT2D eigenvalue weighted by Gasteiger charge is -2.31. The number of hydrogen-bond donors (Lipinski definition) is 0. The molecule has 1 saturated carbocycles. The Bertz CT molecular complexity index is 867. The van der Waals surface area contributed by atoms with Crippen LogP contribution in [-0.2, 0) is 4.79 Å². The molecule has 0 radical (unpaired) electrons. The van der Waals surface area contributed by atoms with Crippen molar-refractivity contribution in [1.29, 1.82) is 0 Å². The number of hydrogen-bond acceptors (Lipinski definition) is 3. The molecule has 2 fully saturated rings. The average molecular weight is 378 g/mol. The van der Waals surface area contributed by atoms with Gasteiger partial charge in [0, 0.05) is 38.7 Å². The molecule has 1 saturated heterocycles. The van der Waals surface area contributed by atoms with Crippen LogP contribution in [0.4, 0.5) is 0 Å². The summed E-state index contributed by atoms with van der Waals surface area (Å²) in [7, 11) is 3.75. The minimum atomic E-state index is 0.00170. The van der Waals surface area contributed by atoms with Crippen molar-refractivity contribution in [2.45, 2.75) is 25.3 Å². The topological polar surface area (TPSA) is 49.9 Å². The Morgan fingerprint density at radius 2 is 1.75 bits per heavy atom. The van der Waals surface area contributed by atoms with Gasteiger partial charge in [-0.2, -0.15) is 0 Å². The van der Waals surface area contributed by atoms with Crippen LogP contribution in [0.1, 0.15) is 29.6 Å². The number of carbonyl (C=O) groups is 2. The van der Waals surface area contributed by atoms with Gasteiger partial charge in [0.05, 0.1) is 0 Å². The maximum absolute atomic E-state index is 13.1. The van der Waals surface area contributed by atoms with Crippen LogP contribution in [0.3, 0.4) is 0 Å². The van der Waals surface area contributed by atoms with E-state index in [0.717, 1.165) is 25.1 Å². The summed E-state index contributed by atoms with van der Waals surface area (Å²) < 4.78 is 5.86. The maximum Gasteiger partial charge on any atom is 0.253 e. The molecule has 0 spiro atoms. The Kier molecular flexibility index (Phi) is 5.07. The molecule has 2 amide bonds. The van der Waals surface area contributed by atoms with Gasteiger partial charge >= 0.3 is 0 Å². The second kappa shape index (κ2) is 7.66. The lowest BCUT2D eigenvalue weighted by Crippen LogP contribution is -2.39. The molecule has 4 rings (SSSR count). The Labute approximate surface area is 165 Å². The third-order valence-electron chi connectivity index (χ3n) is 6.12. The van der Waals surface area contributed by atoms with Crippen LogP contribution < -0.4 is 4.74 Å². The van der Waals surface area contributed by atoms with Crippen LogP contribution in [0.25, 0.3) is 0 Å². The van der Waals surface area contributed by atoms with Gasteiger partial charge in [-0.1, -0.05) is 24.3 Å². The van der Waals surface area contributed by atoms with Gasteiger partial charge < -0.3 is 14.5 Å². The fraction of sp³-hybridized carbons (Fsp3) is 0.391. The van der Waals surface area contributed by atoms with Crippen molar-refractivity contribution in [2.75, 3.05) is 20.6 Å². The van der Waals surface area contributed by atoms with Gasteiger partial charge in [-0.15, -0.1) is 0 Å². The van der Waals surface area contributed by atoms with E-state index in [2.05, 4.69) is 0 Å². The first-order valence-electron chi connectivity index (χ1n) is 9.85. The number of carbonyl (C=O) groups excluding carboxylic acids is 2. The monoisotopic (exact) mass is 378 g/mol. The van der Waals surface area contributed by atoms with Gasteiger partial charge in [0.1, 0.15) is 11.5 Å².